The van der Waals surface area contributed by atoms with E-state index in [-0.39, 0.29) is 11.9 Å². The van der Waals surface area contributed by atoms with Crippen molar-refractivity contribution >= 4 is 10.9 Å². The molecule has 0 aliphatic rings. The molecule has 0 bridgehead atoms. The van der Waals surface area contributed by atoms with Gasteiger partial charge in [-0.1, -0.05) is 30.0 Å². The van der Waals surface area contributed by atoms with E-state index in [1.807, 2.05) is 38.1 Å². The van der Waals surface area contributed by atoms with Crippen LogP contribution < -0.4 is 14.8 Å². The van der Waals surface area contributed by atoms with Gasteiger partial charge < -0.3 is 24.9 Å². The van der Waals surface area contributed by atoms with Crippen molar-refractivity contribution in [2.45, 2.75) is 32.9 Å². The second-order valence-electron chi connectivity index (χ2n) is 8.37. The third-order valence-corrected chi connectivity index (χ3v) is 5.49. The highest BCUT2D eigenvalue weighted by Crippen LogP contribution is 2.23. The summed E-state index contributed by atoms with van der Waals surface area (Å²) in [5, 5.41) is 11.8. The molecule has 5 nitrogen and oxygen atoms in total. The molecule has 0 fully saturated rings. The number of hydrogen-bond acceptors (Lipinski definition) is 4. The Hall–Kier alpha value is -3.79. The minimum Gasteiger partial charge on any atom is -0.495 e. The number of aliphatic hydroxyl groups excluding tert-OH is 1. The fraction of sp³-hybridized carbons (Fsp3) is 0.267. The van der Waals surface area contributed by atoms with Crippen LogP contribution >= 0.6 is 0 Å². The molecular weight excluding hydrogens is 455 g/mol. The van der Waals surface area contributed by atoms with E-state index >= 15 is 0 Å². The molecule has 0 spiro atoms. The third kappa shape index (κ3) is 7.11. The van der Waals surface area contributed by atoms with Crippen molar-refractivity contribution in [3.63, 3.8) is 0 Å². The fourth-order valence-corrected chi connectivity index (χ4v) is 3.87. The van der Waals surface area contributed by atoms with Crippen molar-refractivity contribution in [2.75, 3.05) is 20.8 Å². The van der Waals surface area contributed by atoms with E-state index in [9.17, 15) is 4.39 Å². The van der Waals surface area contributed by atoms with Crippen molar-refractivity contribution in [3.8, 4) is 23.3 Å². The number of rotatable bonds is 8. The number of nitrogens with one attached hydrogen (secondary N) is 2. The Morgan fingerprint density at radius 1 is 0.972 bits per heavy atom. The van der Waals surface area contributed by atoms with Crippen LogP contribution in [0.25, 0.3) is 10.9 Å². The molecule has 0 aliphatic carbocycles. The first-order chi connectivity index (χ1) is 17.5. The number of aliphatic hydroxyl groups is 1. The topological polar surface area (TPSA) is 66.5 Å². The maximum Gasteiger partial charge on any atom is 0.134 e. The number of aromatic nitrogens is 1. The molecule has 0 saturated carbocycles. The zero-order chi connectivity index (χ0) is 25.9. The van der Waals surface area contributed by atoms with Gasteiger partial charge in [0.2, 0.25) is 0 Å². The van der Waals surface area contributed by atoms with Gasteiger partial charge in [0.05, 0.1) is 18.8 Å². The molecule has 188 valence electrons. The van der Waals surface area contributed by atoms with Crippen LogP contribution in [0.3, 0.4) is 0 Å². The standard InChI is InChI=1S/C29H29FN2O2.CH4O/c1-20(2)34-29-12-9-21(8-10-22-17-25(30)11-13-28(22)33-3)16-24(29)18-31-15-14-23-19-32-27-7-5-4-6-26(23)27;1-2/h4-7,9,11-13,16-17,19-20,31-32H,14-15,18H2,1-3H3;2H,1H3. The third-order valence-electron chi connectivity index (χ3n) is 5.49. The van der Waals surface area contributed by atoms with Gasteiger partial charge in [0, 0.05) is 41.9 Å². The first-order valence-electron chi connectivity index (χ1n) is 11.9. The number of halogens is 1. The molecule has 3 N–H and O–H groups in total. The number of hydrogen-bond donors (Lipinski definition) is 3. The molecule has 6 heteroatoms. The normalized spacial score (nSPS) is 10.4. The molecular formula is C30H33FN2O3. The van der Waals surface area contributed by atoms with E-state index in [0.717, 1.165) is 42.5 Å². The van der Waals surface area contributed by atoms with Gasteiger partial charge in [-0.05, 0) is 74.8 Å². The minimum atomic E-state index is -0.342. The van der Waals surface area contributed by atoms with Crippen molar-refractivity contribution in [1.82, 2.24) is 10.3 Å². The van der Waals surface area contributed by atoms with Gasteiger partial charge in [-0.15, -0.1) is 0 Å². The lowest BCUT2D eigenvalue weighted by molar-refractivity contribution is 0.239. The summed E-state index contributed by atoms with van der Waals surface area (Å²) in [5.41, 5.74) is 4.83. The Balaban J connectivity index is 0.00000176. The van der Waals surface area contributed by atoms with Gasteiger partial charge in [0.15, 0.2) is 0 Å². The number of methoxy groups -OCH3 is 1. The number of benzene rings is 3. The molecule has 0 atom stereocenters. The molecule has 0 aliphatic heterocycles. The summed E-state index contributed by atoms with van der Waals surface area (Å²) < 4.78 is 25.0. The largest absolute Gasteiger partial charge is 0.495 e. The Morgan fingerprint density at radius 2 is 1.75 bits per heavy atom. The number of aromatic amines is 1. The van der Waals surface area contributed by atoms with Gasteiger partial charge in [-0.2, -0.15) is 0 Å². The van der Waals surface area contributed by atoms with Gasteiger partial charge in [0.25, 0.3) is 0 Å². The average Bonchev–Trinajstić information content (AvgIpc) is 3.30. The summed E-state index contributed by atoms with van der Waals surface area (Å²) >= 11 is 0. The van der Waals surface area contributed by atoms with Gasteiger partial charge in [0.1, 0.15) is 17.3 Å². The quantitative estimate of drug-likeness (QED) is 0.228. The summed E-state index contributed by atoms with van der Waals surface area (Å²) in [6.45, 7) is 5.51. The Kier molecular flexibility index (Phi) is 9.93. The molecule has 3 aromatic carbocycles. The zero-order valence-corrected chi connectivity index (χ0v) is 21.2. The summed E-state index contributed by atoms with van der Waals surface area (Å²) in [7, 11) is 2.55. The number of para-hydroxylation sites is 1. The Bertz CT molecular complexity index is 1340. The molecule has 1 aromatic heterocycles. The molecule has 1 heterocycles. The molecule has 0 unspecified atom stereocenters. The van der Waals surface area contributed by atoms with Crippen LogP contribution in [0.4, 0.5) is 4.39 Å². The van der Waals surface area contributed by atoms with E-state index < -0.39 is 0 Å². The van der Waals surface area contributed by atoms with E-state index in [0.29, 0.717) is 17.9 Å². The second kappa shape index (κ2) is 13.3. The van der Waals surface area contributed by atoms with Crippen molar-refractivity contribution in [3.05, 3.63) is 94.9 Å². The van der Waals surface area contributed by atoms with Gasteiger partial charge in [-0.25, -0.2) is 4.39 Å². The predicted molar refractivity (Wildman–Crippen MR) is 143 cm³/mol. The van der Waals surface area contributed by atoms with Crippen LogP contribution in [0.2, 0.25) is 0 Å². The average molecular weight is 489 g/mol. The SMILES string of the molecule is CO.COc1ccc(F)cc1C#Cc1ccc(OC(C)C)c(CNCCc2c[nH]c3ccccc23)c1. The van der Waals surface area contributed by atoms with Gasteiger partial charge >= 0.3 is 0 Å². The first-order valence-corrected chi connectivity index (χ1v) is 11.9. The molecule has 0 saturated heterocycles. The second-order valence-corrected chi connectivity index (χ2v) is 8.37. The summed E-state index contributed by atoms with van der Waals surface area (Å²) in [5.74, 6) is 7.21. The molecule has 0 amide bonds. The van der Waals surface area contributed by atoms with Crippen molar-refractivity contribution in [1.29, 1.82) is 0 Å². The highest BCUT2D eigenvalue weighted by Gasteiger charge is 2.08. The summed E-state index contributed by atoms with van der Waals surface area (Å²) in [4.78, 5) is 3.33. The van der Waals surface area contributed by atoms with Crippen molar-refractivity contribution in [2.24, 2.45) is 0 Å². The van der Waals surface area contributed by atoms with E-state index in [1.54, 1.807) is 13.2 Å². The number of H-pyrrole nitrogens is 1. The first kappa shape index (κ1) is 26.8. The molecule has 4 aromatic rings. The Labute approximate surface area is 212 Å². The summed E-state index contributed by atoms with van der Waals surface area (Å²) in [6, 6.07) is 18.6. The van der Waals surface area contributed by atoms with E-state index in [2.05, 4.69) is 46.5 Å². The van der Waals surface area contributed by atoms with Crippen LogP contribution in [0.5, 0.6) is 11.5 Å². The number of ether oxygens (including phenoxy) is 2. The Morgan fingerprint density at radius 3 is 2.53 bits per heavy atom. The van der Waals surface area contributed by atoms with Crippen molar-refractivity contribution < 1.29 is 19.0 Å². The highest BCUT2D eigenvalue weighted by atomic mass is 19.1. The lowest BCUT2D eigenvalue weighted by atomic mass is 10.1. The van der Waals surface area contributed by atoms with Gasteiger partial charge in [-0.3, -0.25) is 0 Å². The lowest BCUT2D eigenvalue weighted by Gasteiger charge is -2.15. The summed E-state index contributed by atoms with van der Waals surface area (Å²) in [6.07, 6.45) is 3.07. The molecule has 0 radical (unpaired) electrons. The van der Waals surface area contributed by atoms with Crippen LogP contribution in [-0.4, -0.2) is 37.0 Å². The maximum absolute atomic E-state index is 13.7. The predicted octanol–water partition coefficient (Wildman–Crippen LogP) is 5.44. The molecule has 36 heavy (non-hydrogen) atoms. The zero-order valence-electron chi connectivity index (χ0n) is 21.2. The van der Waals surface area contributed by atoms with Crippen LogP contribution in [0.1, 0.15) is 36.1 Å². The number of fused-ring (bicyclic) bond motifs is 1. The lowest BCUT2D eigenvalue weighted by Crippen LogP contribution is -2.18. The fourth-order valence-electron chi connectivity index (χ4n) is 3.87. The highest BCUT2D eigenvalue weighted by molar-refractivity contribution is 5.83. The smallest absolute Gasteiger partial charge is 0.134 e. The van der Waals surface area contributed by atoms with E-state index in [4.69, 9.17) is 14.6 Å². The van der Waals surface area contributed by atoms with E-state index in [1.165, 1.54) is 23.1 Å². The van der Waals surface area contributed by atoms with Crippen LogP contribution in [0, 0.1) is 17.7 Å². The monoisotopic (exact) mass is 488 g/mol. The minimum absolute atomic E-state index is 0.0680. The van der Waals surface area contributed by atoms with Crippen LogP contribution in [-0.2, 0) is 13.0 Å². The maximum atomic E-state index is 13.7. The molecule has 4 rings (SSSR count). The van der Waals surface area contributed by atoms with Crippen LogP contribution in [0.15, 0.2) is 66.9 Å².